The van der Waals surface area contributed by atoms with Crippen molar-refractivity contribution in [1.29, 1.82) is 0 Å². The third kappa shape index (κ3) is 4.55. The molecule has 1 aliphatic rings. The molecule has 3 rings (SSSR count). The maximum atomic E-state index is 13.6. The molecule has 2 aromatic carbocycles. The predicted molar refractivity (Wildman–Crippen MR) is 102 cm³/mol. The van der Waals surface area contributed by atoms with Crippen LogP contribution in [0.1, 0.15) is 6.42 Å². The van der Waals surface area contributed by atoms with E-state index in [1.807, 2.05) is 18.2 Å². The monoisotopic (exact) mass is 405 g/mol. The number of hydrogen-bond donors (Lipinski definition) is 2. The minimum absolute atomic E-state index is 0.0303. The van der Waals surface area contributed by atoms with Crippen molar-refractivity contribution in [2.24, 2.45) is 5.92 Å². The summed E-state index contributed by atoms with van der Waals surface area (Å²) in [5.74, 6) is -1.80. The number of anilines is 1. The summed E-state index contributed by atoms with van der Waals surface area (Å²) < 4.78 is 40.0. The topological polar surface area (TPSA) is 95.6 Å². The van der Waals surface area contributed by atoms with Crippen molar-refractivity contribution >= 4 is 27.5 Å². The Morgan fingerprint density at radius 2 is 1.75 bits per heavy atom. The minimum atomic E-state index is -4.00. The summed E-state index contributed by atoms with van der Waals surface area (Å²) in [7, 11) is -4.00. The molecule has 2 aromatic rings. The Labute approximate surface area is 162 Å². The van der Waals surface area contributed by atoms with Crippen molar-refractivity contribution in [1.82, 2.24) is 10.0 Å². The van der Waals surface area contributed by atoms with E-state index < -0.39 is 26.7 Å². The van der Waals surface area contributed by atoms with E-state index in [2.05, 4.69) is 10.0 Å². The summed E-state index contributed by atoms with van der Waals surface area (Å²) in [4.78, 5) is 25.6. The number of rotatable bonds is 7. The van der Waals surface area contributed by atoms with Gasteiger partial charge in [-0.15, -0.1) is 0 Å². The molecule has 0 saturated carbocycles. The van der Waals surface area contributed by atoms with E-state index in [1.165, 1.54) is 18.2 Å². The van der Waals surface area contributed by atoms with Crippen molar-refractivity contribution in [3.05, 3.63) is 60.4 Å². The normalized spacial score (nSPS) is 17.0. The Kier molecular flexibility index (Phi) is 6.05. The number of hydrogen-bond acceptors (Lipinski definition) is 4. The molecule has 0 bridgehead atoms. The fourth-order valence-corrected chi connectivity index (χ4v) is 4.11. The van der Waals surface area contributed by atoms with Gasteiger partial charge in [-0.2, -0.15) is 0 Å². The Morgan fingerprint density at radius 3 is 2.46 bits per heavy atom. The van der Waals surface area contributed by atoms with Crippen molar-refractivity contribution in [2.45, 2.75) is 11.3 Å². The van der Waals surface area contributed by atoms with E-state index in [0.29, 0.717) is 0 Å². The average molecular weight is 405 g/mol. The number of carbonyl (C=O) groups is 2. The molecule has 1 aliphatic heterocycles. The maximum Gasteiger partial charge on any atom is 0.243 e. The first-order chi connectivity index (χ1) is 13.4. The molecule has 9 heteroatoms. The lowest BCUT2D eigenvalue weighted by molar-refractivity contribution is -0.126. The summed E-state index contributed by atoms with van der Waals surface area (Å²) in [6.45, 7) is 0.212. The van der Waals surface area contributed by atoms with Gasteiger partial charge in [-0.3, -0.25) is 9.59 Å². The van der Waals surface area contributed by atoms with Gasteiger partial charge < -0.3 is 10.2 Å². The first kappa shape index (κ1) is 20.0. The lowest BCUT2D eigenvalue weighted by Crippen LogP contribution is -2.38. The van der Waals surface area contributed by atoms with E-state index >= 15 is 0 Å². The molecule has 2 amide bonds. The second-order valence-corrected chi connectivity index (χ2v) is 8.10. The molecule has 0 aliphatic carbocycles. The largest absolute Gasteiger partial charge is 0.354 e. The average Bonchev–Trinajstić information content (AvgIpc) is 3.08. The standard InChI is InChI=1S/C19H20FN3O4S/c20-16-8-4-5-9-17(16)28(26,27)22-11-10-21-19(25)14-12-18(24)23(13-14)15-6-2-1-3-7-15/h1-9,14,22H,10-13H2,(H,21,25)/t14-/m1/s1. The van der Waals surface area contributed by atoms with Crippen molar-refractivity contribution < 1.29 is 22.4 Å². The summed E-state index contributed by atoms with van der Waals surface area (Å²) >= 11 is 0. The third-order valence-corrected chi connectivity index (χ3v) is 5.90. The number of nitrogens with one attached hydrogen (secondary N) is 2. The van der Waals surface area contributed by atoms with Gasteiger partial charge in [0.25, 0.3) is 0 Å². The van der Waals surface area contributed by atoms with E-state index in [9.17, 15) is 22.4 Å². The molecule has 1 atom stereocenters. The van der Waals surface area contributed by atoms with Crippen LogP contribution in [0.4, 0.5) is 10.1 Å². The van der Waals surface area contributed by atoms with Gasteiger partial charge in [0, 0.05) is 31.7 Å². The van der Waals surface area contributed by atoms with Gasteiger partial charge in [0.15, 0.2) is 0 Å². The molecule has 0 spiro atoms. The highest BCUT2D eigenvalue weighted by Gasteiger charge is 2.34. The van der Waals surface area contributed by atoms with Crippen LogP contribution in [0.15, 0.2) is 59.5 Å². The number of benzene rings is 2. The third-order valence-electron chi connectivity index (χ3n) is 4.41. The Hall–Kier alpha value is -2.78. The van der Waals surface area contributed by atoms with Crippen LogP contribution >= 0.6 is 0 Å². The molecule has 28 heavy (non-hydrogen) atoms. The number of sulfonamides is 1. The van der Waals surface area contributed by atoms with Crippen molar-refractivity contribution in [2.75, 3.05) is 24.5 Å². The summed E-state index contributed by atoms with van der Waals surface area (Å²) in [5.41, 5.74) is 0.737. The molecular weight excluding hydrogens is 385 g/mol. The lowest BCUT2D eigenvalue weighted by atomic mass is 10.1. The fourth-order valence-electron chi connectivity index (χ4n) is 3.00. The number of amides is 2. The van der Waals surface area contributed by atoms with Gasteiger partial charge in [-0.05, 0) is 24.3 Å². The molecule has 0 aromatic heterocycles. The van der Waals surface area contributed by atoms with E-state index in [0.717, 1.165) is 11.8 Å². The zero-order chi connectivity index (χ0) is 20.1. The molecule has 2 N–H and O–H groups in total. The fraction of sp³-hybridized carbons (Fsp3) is 0.263. The molecule has 1 fully saturated rings. The van der Waals surface area contributed by atoms with E-state index in [-0.39, 0.29) is 37.9 Å². The SMILES string of the molecule is O=C(NCCNS(=O)(=O)c1ccccc1F)[C@@H]1CC(=O)N(c2ccccc2)C1. The highest BCUT2D eigenvalue weighted by atomic mass is 32.2. The van der Waals surface area contributed by atoms with Crippen LogP contribution in [0.3, 0.4) is 0 Å². The van der Waals surface area contributed by atoms with Crippen LogP contribution in [0, 0.1) is 11.7 Å². The van der Waals surface area contributed by atoms with Crippen LogP contribution in [0.2, 0.25) is 0 Å². The Morgan fingerprint density at radius 1 is 1.07 bits per heavy atom. The second-order valence-electron chi connectivity index (χ2n) is 6.36. The zero-order valence-electron chi connectivity index (χ0n) is 15.0. The zero-order valence-corrected chi connectivity index (χ0v) is 15.8. The van der Waals surface area contributed by atoms with Crippen molar-refractivity contribution in [3.63, 3.8) is 0 Å². The van der Waals surface area contributed by atoms with Crippen LogP contribution in [0.25, 0.3) is 0 Å². The minimum Gasteiger partial charge on any atom is -0.354 e. The molecule has 148 valence electrons. The first-order valence-corrected chi connectivity index (χ1v) is 10.2. The van der Waals surface area contributed by atoms with Gasteiger partial charge in [0.2, 0.25) is 21.8 Å². The van der Waals surface area contributed by atoms with Gasteiger partial charge in [0.05, 0.1) is 5.92 Å². The lowest BCUT2D eigenvalue weighted by Gasteiger charge is -2.16. The van der Waals surface area contributed by atoms with Crippen molar-refractivity contribution in [3.8, 4) is 0 Å². The highest BCUT2D eigenvalue weighted by Crippen LogP contribution is 2.24. The Balaban J connectivity index is 1.49. The molecule has 0 unspecified atom stereocenters. The smallest absolute Gasteiger partial charge is 0.243 e. The van der Waals surface area contributed by atoms with E-state index in [4.69, 9.17) is 0 Å². The number of nitrogens with zero attached hydrogens (tertiary/aromatic N) is 1. The first-order valence-electron chi connectivity index (χ1n) is 8.76. The van der Waals surface area contributed by atoms with Gasteiger partial charge in [0.1, 0.15) is 10.7 Å². The maximum absolute atomic E-state index is 13.6. The summed E-state index contributed by atoms with van der Waals surface area (Å²) in [6.07, 6.45) is 0.0989. The quantitative estimate of drug-likeness (QED) is 0.679. The molecule has 1 heterocycles. The summed E-state index contributed by atoms with van der Waals surface area (Å²) in [5, 5.41) is 2.62. The van der Waals surface area contributed by atoms with Crippen LogP contribution in [-0.4, -0.2) is 39.9 Å². The van der Waals surface area contributed by atoms with Crippen LogP contribution in [0.5, 0.6) is 0 Å². The highest BCUT2D eigenvalue weighted by molar-refractivity contribution is 7.89. The molecular formula is C19H20FN3O4S. The number of carbonyl (C=O) groups excluding carboxylic acids is 2. The van der Waals surface area contributed by atoms with Gasteiger partial charge >= 0.3 is 0 Å². The van der Waals surface area contributed by atoms with Gasteiger partial charge in [-0.1, -0.05) is 30.3 Å². The number of halogens is 1. The van der Waals surface area contributed by atoms with Crippen LogP contribution < -0.4 is 14.9 Å². The Bertz CT molecular complexity index is 966. The van der Waals surface area contributed by atoms with Gasteiger partial charge in [-0.25, -0.2) is 17.5 Å². The summed E-state index contributed by atoms with van der Waals surface area (Å²) in [6, 6.07) is 14.1. The molecule has 1 saturated heterocycles. The van der Waals surface area contributed by atoms with Crippen LogP contribution in [-0.2, 0) is 19.6 Å². The molecule has 0 radical (unpaired) electrons. The second kappa shape index (κ2) is 8.49. The molecule has 7 nitrogen and oxygen atoms in total. The predicted octanol–water partition coefficient (Wildman–Crippen LogP) is 1.27. The van der Waals surface area contributed by atoms with E-state index in [1.54, 1.807) is 17.0 Å². The number of para-hydroxylation sites is 1.